The molecule has 1 unspecified atom stereocenters. The number of hydrogen-bond donors (Lipinski definition) is 1. The van der Waals surface area contributed by atoms with Gasteiger partial charge in [-0.05, 0) is 62.3 Å². The van der Waals surface area contributed by atoms with Gasteiger partial charge >= 0.3 is 0 Å². The second-order valence-corrected chi connectivity index (χ2v) is 6.54. The predicted octanol–water partition coefficient (Wildman–Crippen LogP) is 5.09. The molecule has 0 heterocycles. The first-order valence-electron chi connectivity index (χ1n) is 7.64. The molecule has 0 bridgehead atoms. The van der Waals surface area contributed by atoms with Crippen LogP contribution in [0.1, 0.15) is 68.8 Å². The molecule has 0 spiro atoms. The summed E-state index contributed by atoms with van der Waals surface area (Å²) in [6.07, 6.45) is 2.36. The lowest BCUT2D eigenvalue weighted by Crippen LogP contribution is -2.35. The van der Waals surface area contributed by atoms with Crippen LogP contribution in [0.2, 0.25) is 0 Å². The van der Waals surface area contributed by atoms with Crippen LogP contribution in [-0.4, -0.2) is 6.54 Å². The second kappa shape index (κ2) is 6.56. The fraction of sp³-hybridized carbons (Fsp3) is 0.667. The fourth-order valence-electron chi connectivity index (χ4n) is 2.91. The van der Waals surface area contributed by atoms with E-state index in [4.69, 9.17) is 0 Å². The lowest BCUT2D eigenvalue weighted by Gasteiger charge is -2.37. The average molecular weight is 261 g/mol. The molecule has 1 aromatic carbocycles. The lowest BCUT2D eigenvalue weighted by atomic mass is 9.75. The van der Waals surface area contributed by atoms with Gasteiger partial charge in [-0.3, -0.25) is 0 Å². The first-order chi connectivity index (χ1) is 8.83. The summed E-state index contributed by atoms with van der Waals surface area (Å²) in [5.74, 6) is 0. The third-order valence-corrected chi connectivity index (χ3v) is 4.32. The molecule has 1 atom stereocenters. The number of rotatable bonds is 6. The summed E-state index contributed by atoms with van der Waals surface area (Å²) < 4.78 is 0. The van der Waals surface area contributed by atoms with Crippen molar-refractivity contribution in [2.24, 2.45) is 5.41 Å². The Morgan fingerprint density at radius 1 is 1.05 bits per heavy atom. The van der Waals surface area contributed by atoms with Crippen molar-refractivity contribution in [1.29, 1.82) is 0 Å². The number of aryl methyl sites for hydroxylation is 3. The van der Waals surface area contributed by atoms with Gasteiger partial charge in [0.1, 0.15) is 0 Å². The van der Waals surface area contributed by atoms with E-state index in [1.54, 1.807) is 0 Å². The highest BCUT2D eigenvalue weighted by molar-refractivity contribution is 5.40. The molecule has 1 aromatic rings. The zero-order chi connectivity index (χ0) is 14.6. The van der Waals surface area contributed by atoms with E-state index in [2.05, 4.69) is 65.9 Å². The highest BCUT2D eigenvalue weighted by Crippen LogP contribution is 2.39. The van der Waals surface area contributed by atoms with E-state index in [1.165, 1.54) is 35.1 Å². The second-order valence-electron chi connectivity index (χ2n) is 6.54. The van der Waals surface area contributed by atoms with E-state index in [0.29, 0.717) is 6.04 Å². The van der Waals surface area contributed by atoms with Gasteiger partial charge in [0.25, 0.3) is 0 Å². The van der Waals surface area contributed by atoms with Crippen molar-refractivity contribution in [1.82, 2.24) is 5.32 Å². The summed E-state index contributed by atoms with van der Waals surface area (Å²) in [6, 6.07) is 5.07. The predicted molar refractivity (Wildman–Crippen MR) is 85.8 cm³/mol. The normalized spacial score (nSPS) is 13.6. The minimum Gasteiger partial charge on any atom is -0.309 e. The van der Waals surface area contributed by atoms with E-state index in [-0.39, 0.29) is 5.41 Å². The zero-order valence-electron chi connectivity index (χ0n) is 13.9. The Morgan fingerprint density at radius 3 is 2.00 bits per heavy atom. The Morgan fingerprint density at radius 2 is 1.58 bits per heavy atom. The minimum atomic E-state index is 0.278. The fourth-order valence-corrected chi connectivity index (χ4v) is 2.91. The molecule has 1 nitrogen and oxygen atoms in total. The number of nitrogens with one attached hydrogen (secondary N) is 1. The van der Waals surface area contributed by atoms with Crippen LogP contribution in [0.3, 0.4) is 0 Å². The van der Waals surface area contributed by atoms with Gasteiger partial charge in [0.2, 0.25) is 0 Å². The van der Waals surface area contributed by atoms with Gasteiger partial charge in [-0.25, -0.2) is 0 Å². The van der Waals surface area contributed by atoms with Gasteiger partial charge in [0, 0.05) is 6.04 Å². The van der Waals surface area contributed by atoms with Crippen LogP contribution < -0.4 is 5.32 Å². The van der Waals surface area contributed by atoms with Crippen LogP contribution in [0.4, 0.5) is 0 Å². The molecule has 0 radical (unpaired) electrons. The summed E-state index contributed by atoms with van der Waals surface area (Å²) in [5.41, 5.74) is 5.99. The van der Waals surface area contributed by atoms with E-state index in [0.717, 1.165) is 6.54 Å². The molecule has 0 saturated heterocycles. The zero-order valence-corrected chi connectivity index (χ0v) is 13.9. The van der Waals surface area contributed by atoms with Crippen molar-refractivity contribution in [3.63, 3.8) is 0 Å². The first-order valence-corrected chi connectivity index (χ1v) is 7.64. The molecule has 108 valence electrons. The Bertz CT molecular complexity index is 395. The first kappa shape index (κ1) is 16.2. The maximum atomic E-state index is 3.78. The average Bonchev–Trinajstić information content (AvgIpc) is 2.31. The molecule has 0 aliphatic heterocycles. The van der Waals surface area contributed by atoms with Crippen molar-refractivity contribution in [3.05, 3.63) is 34.4 Å². The molecule has 0 aliphatic carbocycles. The van der Waals surface area contributed by atoms with E-state index in [9.17, 15) is 0 Å². The Kier molecular flexibility index (Phi) is 5.61. The number of hydrogen-bond acceptors (Lipinski definition) is 1. The molecule has 1 rings (SSSR count). The van der Waals surface area contributed by atoms with Gasteiger partial charge in [-0.15, -0.1) is 0 Å². The van der Waals surface area contributed by atoms with Gasteiger partial charge in [-0.1, -0.05) is 45.4 Å². The lowest BCUT2D eigenvalue weighted by molar-refractivity contribution is 0.233. The van der Waals surface area contributed by atoms with Crippen molar-refractivity contribution in [3.8, 4) is 0 Å². The van der Waals surface area contributed by atoms with E-state index < -0.39 is 0 Å². The molecular weight excluding hydrogens is 230 g/mol. The molecule has 0 amide bonds. The summed E-state index contributed by atoms with van der Waals surface area (Å²) in [7, 11) is 0. The SMILES string of the molecule is CCCNC(c1c(C)cc(C)cc1C)C(C)(C)CC. The molecule has 1 N–H and O–H groups in total. The topological polar surface area (TPSA) is 12.0 Å². The largest absolute Gasteiger partial charge is 0.309 e. The third kappa shape index (κ3) is 3.82. The molecular formula is C18H31N. The monoisotopic (exact) mass is 261 g/mol. The van der Waals surface area contributed by atoms with Gasteiger partial charge in [-0.2, -0.15) is 0 Å². The van der Waals surface area contributed by atoms with Crippen LogP contribution in [0.15, 0.2) is 12.1 Å². The summed E-state index contributed by atoms with van der Waals surface area (Å²) >= 11 is 0. The Hall–Kier alpha value is -0.820. The third-order valence-electron chi connectivity index (χ3n) is 4.32. The van der Waals surface area contributed by atoms with Gasteiger partial charge < -0.3 is 5.32 Å². The van der Waals surface area contributed by atoms with E-state index >= 15 is 0 Å². The number of benzene rings is 1. The van der Waals surface area contributed by atoms with Gasteiger partial charge in [0.05, 0.1) is 0 Å². The summed E-state index contributed by atoms with van der Waals surface area (Å²) in [5, 5.41) is 3.78. The Labute approximate surface area is 119 Å². The van der Waals surface area contributed by atoms with E-state index in [1.807, 2.05) is 0 Å². The molecule has 19 heavy (non-hydrogen) atoms. The Balaban J connectivity index is 3.25. The van der Waals surface area contributed by atoms with Crippen molar-refractivity contribution < 1.29 is 0 Å². The van der Waals surface area contributed by atoms with Crippen LogP contribution in [0, 0.1) is 26.2 Å². The summed E-state index contributed by atoms with van der Waals surface area (Å²) in [6.45, 7) is 17.0. The maximum absolute atomic E-state index is 3.78. The van der Waals surface area contributed by atoms with Gasteiger partial charge in [0.15, 0.2) is 0 Å². The van der Waals surface area contributed by atoms with Crippen LogP contribution >= 0.6 is 0 Å². The van der Waals surface area contributed by atoms with Crippen molar-refractivity contribution in [2.75, 3.05) is 6.54 Å². The van der Waals surface area contributed by atoms with Crippen LogP contribution in [0.25, 0.3) is 0 Å². The van der Waals surface area contributed by atoms with Crippen molar-refractivity contribution in [2.45, 2.75) is 67.3 Å². The molecule has 0 aromatic heterocycles. The smallest absolute Gasteiger partial charge is 0.0377 e. The standard InChI is InChI=1S/C18H31N/c1-8-10-19-17(18(6,7)9-2)16-14(4)11-13(3)12-15(16)5/h11-12,17,19H,8-10H2,1-7H3. The molecule has 0 saturated carbocycles. The highest BCUT2D eigenvalue weighted by Gasteiger charge is 2.30. The van der Waals surface area contributed by atoms with Crippen molar-refractivity contribution >= 4 is 0 Å². The summed E-state index contributed by atoms with van der Waals surface area (Å²) in [4.78, 5) is 0. The van der Waals surface area contributed by atoms with Crippen LogP contribution in [-0.2, 0) is 0 Å². The highest BCUT2D eigenvalue weighted by atomic mass is 14.9. The quantitative estimate of drug-likeness (QED) is 0.752. The minimum absolute atomic E-state index is 0.278. The van der Waals surface area contributed by atoms with Crippen LogP contribution in [0.5, 0.6) is 0 Å². The molecule has 0 aliphatic rings. The molecule has 0 fully saturated rings. The molecule has 1 heteroatoms. The maximum Gasteiger partial charge on any atom is 0.0377 e.